The monoisotopic (exact) mass is 437 g/mol. The Kier molecular flexibility index (Phi) is 5.70. The first-order valence-electron chi connectivity index (χ1n) is 10.7. The van der Waals surface area contributed by atoms with Crippen molar-refractivity contribution in [2.75, 3.05) is 19.0 Å². The minimum atomic E-state index is -0.228. The summed E-state index contributed by atoms with van der Waals surface area (Å²) >= 11 is 0. The normalized spacial score (nSPS) is 11.1. The minimum absolute atomic E-state index is 0.228. The number of anilines is 1. The van der Waals surface area contributed by atoms with Gasteiger partial charge in [0.15, 0.2) is 0 Å². The van der Waals surface area contributed by atoms with Crippen LogP contribution in [-0.4, -0.2) is 39.0 Å². The third-order valence-corrected chi connectivity index (χ3v) is 5.48. The van der Waals surface area contributed by atoms with Gasteiger partial charge in [0.2, 0.25) is 0 Å². The molecular weight excluding hydrogens is 414 g/mol. The highest BCUT2D eigenvalue weighted by Crippen LogP contribution is 2.25. The van der Waals surface area contributed by atoms with Gasteiger partial charge in [0.1, 0.15) is 5.69 Å². The van der Waals surface area contributed by atoms with Crippen LogP contribution in [0.2, 0.25) is 0 Å². The first-order valence-corrected chi connectivity index (χ1v) is 10.7. The number of benzene rings is 2. The second-order valence-electron chi connectivity index (χ2n) is 7.64. The zero-order valence-electron chi connectivity index (χ0n) is 18.2. The molecular formula is C26H23N5O2. The molecule has 164 valence electrons. The van der Waals surface area contributed by atoms with Crippen molar-refractivity contribution in [1.82, 2.24) is 19.3 Å². The van der Waals surface area contributed by atoms with E-state index in [0.717, 1.165) is 34.4 Å². The molecule has 5 aromatic rings. The quantitative estimate of drug-likeness (QED) is 0.397. The Morgan fingerprint density at radius 2 is 1.94 bits per heavy atom. The predicted octanol–water partition coefficient (Wildman–Crippen LogP) is 4.79. The second kappa shape index (κ2) is 9.10. The van der Waals surface area contributed by atoms with E-state index in [1.54, 1.807) is 30.4 Å². The van der Waals surface area contributed by atoms with Crippen LogP contribution in [0.5, 0.6) is 0 Å². The van der Waals surface area contributed by atoms with Crippen molar-refractivity contribution in [3.05, 3.63) is 97.1 Å². The van der Waals surface area contributed by atoms with Crippen LogP contribution in [0.3, 0.4) is 0 Å². The molecule has 7 heteroatoms. The van der Waals surface area contributed by atoms with Gasteiger partial charge in [-0.2, -0.15) is 5.10 Å². The lowest BCUT2D eigenvalue weighted by molar-refractivity contribution is 0.102. The Morgan fingerprint density at radius 3 is 2.73 bits per heavy atom. The number of para-hydroxylation sites is 1. The van der Waals surface area contributed by atoms with E-state index < -0.39 is 0 Å². The standard InChI is InChI=1S/C26H23N5O2/c1-33-15-14-30-13-11-19-16-21(9-10-24(19)30)28-26(32)23-18-31(22-7-3-2-4-8-22)29-25(23)20-6-5-12-27-17-20/h2-13,16-18H,14-15H2,1H3,(H,28,32). The first-order chi connectivity index (χ1) is 16.2. The first kappa shape index (κ1) is 20.7. The second-order valence-corrected chi connectivity index (χ2v) is 7.64. The van der Waals surface area contributed by atoms with Crippen LogP contribution in [0.25, 0.3) is 27.8 Å². The average Bonchev–Trinajstić information content (AvgIpc) is 3.48. The van der Waals surface area contributed by atoms with E-state index in [2.05, 4.69) is 14.9 Å². The summed E-state index contributed by atoms with van der Waals surface area (Å²) < 4.78 is 9.03. The number of nitrogens with one attached hydrogen (secondary N) is 1. The van der Waals surface area contributed by atoms with Crippen LogP contribution >= 0.6 is 0 Å². The molecule has 0 fully saturated rings. The number of methoxy groups -OCH3 is 1. The summed E-state index contributed by atoms with van der Waals surface area (Å²) in [7, 11) is 1.69. The molecule has 5 rings (SSSR count). The van der Waals surface area contributed by atoms with Crippen LogP contribution in [0.1, 0.15) is 10.4 Å². The molecule has 0 saturated heterocycles. The largest absolute Gasteiger partial charge is 0.383 e. The van der Waals surface area contributed by atoms with Crippen LogP contribution < -0.4 is 5.32 Å². The van der Waals surface area contributed by atoms with Crippen molar-refractivity contribution in [3.8, 4) is 16.9 Å². The molecule has 33 heavy (non-hydrogen) atoms. The Balaban J connectivity index is 1.47. The minimum Gasteiger partial charge on any atom is -0.383 e. The Morgan fingerprint density at radius 1 is 1.06 bits per heavy atom. The van der Waals surface area contributed by atoms with Crippen LogP contribution in [0, 0.1) is 0 Å². The van der Waals surface area contributed by atoms with Gasteiger partial charge in [0.25, 0.3) is 5.91 Å². The summed E-state index contributed by atoms with van der Waals surface area (Å²) in [5.41, 5.74) is 4.53. The number of rotatable bonds is 7. The molecule has 3 aromatic heterocycles. The molecule has 7 nitrogen and oxygen atoms in total. The molecule has 0 bridgehead atoms. The van der Waals surface area contributed by atoms with Gasteiger partial charge in [0, 0.05) is 60.6 Å². The molecule has 0 saturated carbocycles. The molecule has 1 amide bonds. The molecule has 2 aromatic carbocycles. The van der Waals surface area contributed by atoms with E-state index in [-0.39, 0.29) is 5.91 Å². The van der Waals surface area contributed by atoms with Crippen molar-refractivity contribution >= 4 is 22.5 Å². The summed E-state index contributed by atoms with van der Waals surface area (Å²) in [6.07, 6.45) is 7.20. The van der Waals surface area contributed by atoms with E-state index in [0.29, 0.717) is 17.9 Å². The van der Waals surface area contributed by atoms with E-state index in [1.165, 1.54) is 0 Å². The maximum atomic E-state index is 13.3. The maximum Gasteiger partial charge on any atom is 0.259 e. The van der Waals surface area contributed by atoms with Crippen LogP contribution in [0.15, 0.2) is 91.5 Å². The topological polar surface area (TPSA) is 74.0 Å². The van der Waals surface area contributed by atoms with E-state index in [9.17, 15) is 4.79 Å². The third kappa shape index (κ3) is 4.26. The van der Waals surface area contributed by atoms with Crippen molar-refractivity contribution in [2.45, 2.75) is 6.54 Å². The van der Waals surface area contributed by atoms with Crippen molar-refractivity contribution in [2.24, 2.45) is 0 Å². The summed E-state index contributed by atoms with van der Waals surface area (Å²) in [4.78, 5) is 17.5. The Labute approximate surface area is 191 Å². The molecule has 0 aliphatic rings. The van der Waals surface area contributed by atoms with Crippen LogP contribution in [-0.2, 0) is 11.3 Å². The lowest BCUT2D eigenvalue weighted by Crippen LogP contribution is -2.12. The number of carbonyl (C=O) groups is 1. The zero-order chi connectivity index (χ0) is 22.6. The average molecular weight is 438 g/mol. The Hall–Kier alpha value is -4.23. The van der Waals surface area contributed by atoms with Crippen LogP contribution in [0.4, 0.5) is 5.69 Å². The molecule has 0 aliphatic heterocycles. The van der Waals surface area contributed by atoms with Gasteiger partial charge < -0.3 is 14.6 Å². The number of hydrogen-bond acceptors (Lipinski definition) is 4. The summed E-state index contributed by atoms with van der Waals surface area (Å²) in [5.74, 6) is -0.228. The van der Waals surface area contributed by atoms with E-state index in [1.807, 2.05) is 72.9 Å². The number of hydrogen-bond donors (Lipinski definition) is 1. The molecule has 0 radical (unpaired) electrons. The number of pyridine rings is 1. The van der Waals surface area contributed by atoms with Gasteiger partial charge in [-0.05, 0) is 48.5 Å². The van der Waals surface area contributed by atoms with Gasteiger partial charge in [0.05, 0.1) is 17.9 Å². The number of aromatic nitrogens is 4. The lowest BCUT2D eigenvalue weighted by atomic mass is 10.1. The summed E-state index contributed by atoms with van der Waals surface area (Å²) in [6.45, 7) is 1.42. The van der Waals surface area contributed by atoms with Gasteiger partial charge in [-0.3, -0.25) is 9.78 Å². The number of fused-ring (bicyclic) bond motifs is 1. The molecule has 1 N–H and O–H groups in total. The molecule has 0 spiro atoms. The highest BCUT2D eigenvalue weighted by atomic mass is 16.5. The zero-order valence-corrected chi connectivity index (χ0v) is 18.2. The highest BCUT2D eigenvalue weighted by Gasteiger charge is 2.19. The number of nitrogens with zero attached hydrogens (tertiary/aromatic N) is 4. The van der Waals surface area contributed by atoms with Crippen molar-refractivity contribution in [3.63, 3.8) is 0 Å². The third-order valence-electron chi connectivity index (χ3n) is 5.48. The van der Waals surface area contributed by atoms with Gasteiger partial charge in [-0.1, -0.05) is 18.2 Å². The molecule has 3 heterocycles. The lowest BCUT2D eigenvalue weighted by Gasteiger charge is -2.07. The predicted molar refractivity (Wildman–Crippen MR) is 129 cm³/mol. The van der Waals surface area contributed by atoms with Crippen molar-refractivity contribution in [1.29, 1.82) is 0 Å². The SMILES string of the molecule is COCCn1ccc2cc(NC(=O)c3cn(-c4ccccc4)nc3-c3cccnc3)ccc21. The number of amides is 1. The summed E-state index contributed by atoms with van der Waals surface area (Å²) in [6, 6.07) is 21.4. The van der Waals surface area contributed by atoms with Gasteiger partial charge in [-0.25, -0.2) is 4.68 Å². The fourth-order valence-electron chi connectivity index (χ4n) is 3.83. The van der Waals surface area contributed by atoms with E-state index >= 15 is 0 Å². The fraction of sp³-hybridized carbons (Fsp3) is 0.115. The van der Waals surface area contributed by atoms with Gasteiger partial charge in [-0.15, -0.1) is 0 Å². The maximum absolute atomic E-state index is 13.3. The van der Waals surface area contributed by atoms with Gasteiger partial charge >= 0.3 is 0 Å². The highest BCUT2D eigenvalue weighted by molar-refractivity contribution is 6.08. The van der Waals surface area contributed by atoms with Crippen molar-refractivity contribution < 1.29 is 9.53 Å². The molecule has 0 atom stereocenters. The summed E-state index contributed by atoms with van der Waals surface area (Å²) in [5, 5.41) is 8.78. The fourth-order valence-corrected chi connectivity index (χ4v) is 3.83. The van der Waals surface area contributed by atoms with E-state index in [4.69, 9.17) is 9.84 Å². The number of carbonyl (C=O) groups excluding carboxylic acids is 1. The molecule has 0 unspecified atom stereocenters. The Bertz CT molecular complexity index is 1390. The number of ether oxygens (including phenoxy) is 1. The molecule has 0 aliphatic carbocycles. The smallest absolute Gasteiger partial charge is 0.259 e.